The van der Waals surface area contributed by atoms with Gasteiger partial charge in [0.1, 0.15) is 5.69 Å². The molecule has 1 aromatic rings. The van der Waals surface area contributed by atoms with Crippen molar-refractivity contribution in [3.8, 4) is 0 Å². The molecule has 0 saturated heterocycles. The molecule has 0 spiro atoms. The summed E-state index contributed by atoms with van der Waals surface area (Å²) in [6.07, 6.45) is 3.10. The molecule has 1 rings (SSSR count). The van der Waals surface area contributed by atoms with Crippen LogP contribution in [0.2, 0.25) is 0 Å². The molecule has 0 amide bonds. The first-order valence-corrected chi connectivity index (χ1v) is 4.05. The number of rotatable bonds is 2. The molecule has 1 aromatic heterocycles. The Bertz CT molecular complexity index is 286. The smallest absolute Gasteiger partial charge is 0.211 e. The third kappa shape index (κ3) is 1.73. The van der Waals surface area contributed by atoms with Crippen LogP contribution < -0.4 is 0 Å². The van der Waals surface area contributed by atoms with Crippen LogP contribution in [0, 0.1) is 0 Å². The van der Waals surface area contributed by atoms with Crippen LogP contribution in [0.1, 0.15) is 24.6 Å². The minimum Gasteiger partial charge on any atom is -0.211 e. The van der Waals surface area contributed by atoms with Gasteiger partial charge in [0.2, 0.25) is 6.08 Å². The Balaban J connectivity index is 3.05. The highest BCUT2D eigenvalue weighted by Crippen LogP contribution is 2.29. The van der Waals surface area contributed by atoms with Crippen LogP contribution >= 0.6 is 11.5 Å². The van der Waals surface area contributed by atoms with Gasteiger partial charge in [-0.05, 0) is 17.5 Å². The molecule has 4 heteroatoms. The topological polar surface area (TPSA) is 42.3 Å². The van der Waals surface area contributed by atoms with Crippen molar-refractivity contribution in [2.24, 2.45) is 4.99 Å². The van der Waals surface area contributed by atoms with Crippen molar-refractivity contribution < 1.29 is 4.79 Å². The molecule has 0 unspecified atom stereocenters. The first kappa shape index (κ1) is 8.11. The summed E-state index contributed by atoms with van der Waals surface area (Å²) < 4.78 is 3.93. The molecule has 0 aliphatic rings. The van der Waals surface area contributed by atoms with Crippen LogP contribution in [0.15, 0.2) is 11.2 Å². The Morgan fingerprint density at radius 2 is 2.45 bits per heavy atom. The van der Waals surface area contributed by atoms with Crippen molar-refractivity contribution in [1.82, 2.24) is 4.37 Å². The summed E-state index contributed by atoms with van der Waals surface area (Å²) in [7, 11) is 0. The van der Waals surface area contributed by atoms with Crippen molar-refractivity contribution in [2.45, 2.75) is 19.8 Å². The number of hydrogen-bond donors (Lipinski definition) is 0. The van der Waals surface area contributed by atoms with Crippen LogP contribution in [0.25, 0.3) is 0 Å². The van der Waals surface area contributed by atoms with Gasteiger partial charge in [-0.25, -0.2) is 4.79 Å². The highest BCUT2D eigenvalue weighted by Gasteiger charge is 2.07. The van der Waals surface area contributed by atoms with Gasteiger partial charge < -0.3 is 0 Å². The quantitative estimate of drug-likeness (QED) is 0.502. The second-order valence-corrected chi connectivity index (χ2v) is 3.27. The Morgan fingerprint density at radius 3 is 3.00 bits per heavy atom. The van der Waals surface area contributed by atoms with Gasteiger partial charge in [-0.15, -0.1) is 0 Å². The molecule has 0 aromatic carbocycles. The summed E-state index contributed by atoms with van der Waals surface area (Å²) >= 11 is 1.37. The molecule has 0 N–H and O–H groups in total. The first-order chi connectivity index (χ1) is 5.25. The van der Waals surface area contributed by atoms with E-state index in [1.54, 1.807) is 6.20 Å². The standard InChI is InChI=1S/C7H8N2OS/c1-5(2)7-6(8-4-10)3-9-11-7/h3,5H,1-2H3. The maximum atomic E-state index is 9.93. The number of aromatic nitrogens is 1. The molecule has 11 heavy (non-hydrogen) atoms. The van der Waals surface area contributed by atoms with E-state index in [1.807, 2.05) is 13.8 Å². The third-order valence-corrected chi connectivity index (χ3v) is 2.36. The molecule has 58 valence electrons. The van der Waals surface area contributed by atoms with E-state index < -0.39 is 0 Å². The van der Waals surface area contributed by atoms with E-state index in [9.17, 15) is 4.79 Å². The molecule has 3 nitrogen and oxygen atoms in total. The summed E-state index contributed by atoms with van der Waals surface area (Å²) in [5.74, 6) is 0.370. The third-order valence-electron chi connectivity index (χ3n) is 1.27. The van der Waals surface area contributed by atoms with E-state index >= 15 is 0 Å². The number of nitrogens with zero attached hydrogens (tertiary/aromatic N) is 2. The fourth-order valence-corrected chi connectivity index (χ4v) is 1.45. The van der Waals surface area contributed by atoms with Crippen LogP contribution in [0.3, 0.4) is 0 Å². The molecule has 0 fully saturated rings. The number of isocyanates is 1. The maximum absolute atomic E-state index is 9.93. The summed E-state index contributed by atoms with van der Waals surface area (Å²) in [5.41, 5.74) is 0.653. The minimum absolute atomic E-state index is 0.370. The Labute approximate surface area is 68.9 Å². The fourth-order valence-electron chi connectivity index (χ4n) is 0.778. The SMILES string of the molecule is CC(C)c1sncc1N=C=O. The van der Waals surface area contributed by atoms with Gasteiger partial charge in [0.15, 0.2) is 0 Å². The van der Waals surface area contributed by atoms with E-state index in [-0.39, 0.29) is 0 Å². The molecule has 1 heterocycles. The van der Waals surface area contributed by atoms with Gasteiger partial charge in [-0.3, -0.25) is 0 Å². The van der Waals surface area contributed by atoms with Gasteiger partial charge in [0, 0.05) is 0 Å². The normalized spacial score (nSPS) is 9.73. The first-order valence-electron chi connectivity index (χ1n) is 3.28. The van der Waals surface area contributed by atoms with Crippen molar-refractivity contribution in [3.05, 3.63) is 11.1 Å². The molecular weight excluding hydrogens is 160 g/mol. The zero-order valence-electron chi connectivity index (χ0n) is 6.37. The maximum Gasteiger partial charge on any atom is 0.240 e. The Hall–Kier alpha value is -0.990. The van der Waals surface area contributed by atoms with Gasteiger partial charge >= 0.3 is 0 Å². The second-order valence-electron chi connectivity index (χ2n) is 2.43. The second kappa shape index (κ2) is 3.42. The number of hydrogen-bond acceptors (Lipinski definition) is 4. The van der Waals surface area contributed by atoms with Crippen molar-refractivity contribution in [3.63, 3.8) is 0 Å². The highest BCUT2D eigenvalue weighted by molar-refractivity contribution is 7.06. The number of carbonyl (C=O) groups excluding carboxylic acids is 1. The molecule has 0 bridgehead atoms. The average molecular weight is 168 g/mol. The molecule has 0 radical (unpaired) electrons. The van der Waals surface area contributed by atoms with Gasteiger partial charge in [0.05, 0.1) is 11.1 Å². The van der Waals surface area contributed by atoms with Gasteiger partial charge in [0.25, 0.3) is 0 Å². The van der Waals surface area contributed by atoms with Crippen molar-refractivity contribution in [2.75, 3.05) is 0 Å². The molecular formula is C7H8N2OS. The predicted molar refractivity (Wildman–Crippen MR) is 44.0 cm³/mol. The van der Waals surface area contributed by atoms with Gasteiger partial charge in [-0.2, -0.15) is 9.37 Å². The van der Waals surface area contributed by atoms with E-state index in [4.69, 9.17) is 0 Å². The summed E-state index contributed by atoms with van der Waals surface area (Å²) in [6, 6.07) is 0. The van der Waals surface area contributed by atoms with Gasteiger partial charge in [-0.1, -0.05) is 13.8 Å². The predicted octanol–water partition coefficient (Wildman–Crippen LogP) is 2.23. The van der Waals surface area contributed by atoms with E-state index in [0.29, 0.717) is 11.6 Å². The lowest BCUT2D eigenvalue weighted by Gasteiger charge is -1.98. The Kier molecular flexibility index (Phi) is 2.52. The molecule has 0 saturated carbocycles. The number of aliphatic imine (C=N–C) groups is 1. The molecule has 0 aliphatic carbocycles. The van der Waals surface area contributed by atoms with E-state index in [1.165, 1.54) is 17.6 Å². The fraction of sp³-hybridized carbons (Fsp3) is 0.429. The van der Waals surface area contributed by atoms with E-state index in [2.05, 4.69) is 9.37 Å². The monoisotopic (exact) mass is 168 g/mol. The van der Waals surface area contributed by atoms with Crippen LogP contribution in [0.4, 0.5) is 5.69 Å². The summed E-state index contributed by atoms with van der Waals surface area (Å²) in [5, 5.41) is 0. The highest BCUT2D eigenvalue weighted by atomic mass is 32.1. The molecule has 0 aliphatic heterocycles. The lowest BCUT2D eigenvalue weighted by Crippen LogP contribution is -1.79. The van der Waals surface area contributed by atoms with Crippen LogP contribution in [0.5, 0.6) is 0 Å². The zero-order valence-corrected chi connectivity index (χ0v) is 7.18. The summed E-state index contributed by atoms with van der Waals surface area (Å²) in [6.45, 7) is 4.08. The lowest BCUT2D eigenvalue weighted by molar-refractivity contribution is 0.565. The zero-order chi connectivity index (χ0) is 8.27. The van der Waals surface area contributed by atoms with Crippen LogP contribution in [-0.2, 0) is 4.79 Å². The largest absolute Gasteiger partial charge is 0.240 e. The Morgan fingerprint density at radius 1 is 1.73 bits per heavy atom. The van der Waals surface area contributed by atoms with Crippen molar-refractivity contribution >= 4 is 23.3 Å². The van der Waals surface area contributed by atoms with Crippen molar-refractivity contribution in [1.29, 1.82) is 0 Å². The average Bonchev–Trinajstić information content (AvgIpc) is 2.36. The van der Waals surface area contributed by atoms with E-state index in [0.717, 1.165) is 4.88 Å². The minimum atomic E-state index is 0.370. The molecule has 0 atom stereocenters. The van der Waals surface area contributed by atoms with Crippen LogP contribution in [-0.4, -0.2) is 10.5 Å². The summed E-state index contributed by atoms with van der Waals surface area (Å²) in [4.78, 5) is 14.5. The lowest BCUT2D eigenvalue weighted by atomic mass is 10.2.